The van der Waals surface area contributed by atoms with Gasteiger partial charge in [-0.25, -0.2) is 9.78 Å². The summed E-state index contributed by atoms with van der Waals surface area (Å²) in [6, 6.07) is 11.5. The van der Waals surface area contributed by atoms with Crippen LogP contribution in [0.3, 0.4) is 0 Å². The maximum atomic E-state index is 12.0. The maximum Gasteiger partial charge on any atom is 0.331 e. The Kier molecular flexibility index (Phi) is 7.34. The van der Waals surface area contributed by atoms with E-state index in [9.17, 15) is 14.9 Å². The molecule has 0 saturated heterocycles. The van der Waals surface area contributed by atoms with Gasteiger partial charge in [-0.15, -0.1) is 11.3 Å². The number of benzene rings is 2. The van der Waals surface area contributed by atoms with Gasteiger partial charge < -0.3 is 14.2 Å². The lowest BCUT2D eigenvalue weighted by Crippen LogP contribution is -2.01. The Balaban J connectivity index is 1.60. The fourth-order valence-electron chi connectivity index (χ4n) is 2.68. The van der Waals surface area contributed by atoms with Gasteiger partial charge in [0, 0.05) is 29.2 Å². The first-order chi connectivity index (χ1) is 15.0. The lowest BCUT2D eigenvalue weighted by Gasteiger charge is -2.09. The summed E-state index contributed by atoms with van der Waals surface area (Å²) in [7, 11) is 1.58. The van der Waals surface area contributed by atoms with E-state index in [1.165, 1.54) is 35.6 Å². The first-order valence-electron chi connectivity index (χ1n) is 9.35. The molecule has 0 radical (unpaired) electrons. The van der Waals surface area contributed by atoms with Gasteiger partial charge in [0.1, 0.15) is 11.6 Å². The summed E-state index contributed by atoms with van der Waals surface area (Å²) in [4.78, 5) is 26.8. The molecule has 2 aromatic carbocycles. The van der Waals surface area contributed by atoms with Gasteiger partial charge in [0.05, 0.1) is 24.3 Å². The van der Waals surface area contributed by atoms with Crippen molar-refractivity contribution in [3.8, 4) is 22.1 Å². The van der Waals surface area contributed by atoms with Gasteiger partial charge in [0.15, 0.2) is 11.5 Å². The highest BCUT2D eigenvalue weighted by molar-refractivity contribution is 7.13. The minimum atomic E-state index is -0.566. The van der Waals surface area contributed by atoms with E-state index >= 15 is 0 Å². The summed E-state index contributed by atoms with van der Waals surface area (Å²) in [6.07, 6.45) is 2.69. The third-order valence-electron chi connectivity index (χ3n) is 4.12. The van der Waals surface area contributed by atoms with E-state index in [0.29, 0.717) is 29.4 Å². The van der Waals surface area contributed by atoms with Crippen LogP contribution >= 0.6 is 11.3 Å². The Morgan fingerprint density at radius 2 is 2.06 bits per heavy atom. The van der Waals surface area contributed by atoms with E-state index in [0.717, 1.165) is 10.6 Å². The van der Waals surface area contributed by atoms with Crippen molar-refractivity contribution in [1.82, 2.24) is 4.98 Å². The minimum absolute atomic E-state index is 0.0166. The molecule has 0 saturated carbocycles. The van der Waals surface area contributed by atoms with E-state index in [1.807, 2.05) is 30.5 Å². The molecule has 0 bridgehead atoms. The number of non-ortho nitro benzene ring substituents is 1. The lowest BCUT2D eigenvalue weighted by molar-refractivity contribution is -0.384. The topological polar surface area (TPSA) is 101 Å². The zero-order valence-corrected chi connectivity index (χ0v) is 17.8. The molecule has 0 unspecified atom stereocenters. The van der Waals surface area contributed by atoms with Gasteiger partial charge in [0.2, 0.25) is 0 Å². The highest BCUT2D eigenvalue weighted by atomic mass is 32.1. The van der Waals surface area contributed by atoms with Crippen LogP contribution in [0.1, 0.15) is 18.2 Å². The largest absolute Gasteiger partial charge is 0.493 e. The summed E-state index contributed by atoms with van der Waals surface area (Å²) in [5.41, 5.74) is 1.97. The summed E-state index contributed by atoms with van der Waals surface area (Å²) in [6.45, 7) is 2.46. The Morgan fingerprint density at radius 1 is 1.23 bits per heavy atom. The van der Waals surface area contributed by atoms with Gasteiger partial charge in [-0.1, -0.05) is 12.1 Å². The van der Waals surface area contributed by atoms with E-state index in [2.05, 4.69) is 4.98 Å². The standard InChI is InChI=1S/C22H20N2O6S/c1-3-29-19-9-8-16(12-20(19)28-2)22-23-17(14-31-22)13-30-21(25)10-7-15-5-4-6-18(11-15)24(26)27/h4-12,14H,3,13H2,1-2H3/b10-7+. The Hall–Kier alpha value is -3.72. The average molecular weight is 440 g/mol. The van der Waals surface area contributed by atoms with Crippen molar-refractivity contribution in [3.05, 3.63) is 75.3 Å². The second-order valence-electron chi connectivity index (χ2n) is 6.24. The number of methoxy groups -OCH3 is 1. The van der Waals surface area contributed by atoms with Crippen molar-refractivity contribution in [2.45, 2.75) is 13.5 Å². The number of hydrogen-bond acceptors (Lipinski definition) is 8. The number of ether oxygens (including phenoxy) is 3. The van der Waals surface area contributed by atoms with Crippen LogP contribution in [0.25, 0.3) is 16.6 Å². The Bertz CT molecular complexity index is 1110. The zero-order valence-electron chi connectivity index (χ0n) is 16.9. The predicted octanol–water partition coefficient (Wildman–Crippen LogP) is 4.88. The van der Waals surface area contributed by atoms with E-state index in [-0.39, 0.29) is 12.3 Å². The molecule has 0 N–H and O–H groups in total. The van der Waals surface area contributed by atoms with Gasteiger partial charge in [-0.3, -0.25) is 10.1 Å². The Morgan fingerprint density at radius 3 is 2.81 bits per heavy atom. The number of nitro groups is 1. The third kappa shape index (κ3) is 5.89. The van der Waals surface area contributed by atoms with Crippen LogP contribution in [0.5, 0.6) is 11.5 Å². The van der Waals surface area contributed by atoms with Crippen LogP contribution in [0.4, 0.5) is 5.69 Å². The van der Waals surface area contributed by atoms with Crippen molar-refractivity contribution in [1.29, 1.82) is 0 Å². The van der Waals surface area contributed by atoms with Crippen LogP contribution in [0, 0.1) is 10.1 Å². The molecular formula is C22H20N2O6S. The minimum Gasteiger partial charge on any atom is -0.493 e. The number of rotatable bonds is 9. The van der Waals surface area contributed by atoms with E-state index in [1.54, 1.807) is 19.2 Å². The molecule has 3 aromatic rings. The molecule has 31 heavy (non-hydrogen) atoms. The Labute approximate surface area is 182 Å². The number of hydrogen-bond donors (Lipinski definition) is 0. The smallest absolute Gasteiger partial charge is 0.331 e. The second-order valence-corrected chi connectivity index (χ2v) is 7.09. The number of carbonyl (C=O) groups excluding carboxylic acids is 1. The fraction of sp³-hybridized carbons (Fsp3) is 0.182. The van der Waals surface area contributed by atoms with Crippen molar-refractivity contribution >= 4 is 29.1 Å². The maximum absolute atomic E-state index is 12.0. The van der Waals surface area contributed by atoms with Crippen LogP contribution in [-0.4, -0.2) is 29.6 Å². The van der Waals surface area contributed by atoms with Crippen molar-refractivity contribution in [3.63, 3.8) is 0 Å². The molecule has 0 spiro atoms. The molecule has 0 atom stereocenters. The summed E-state index contributed by atoms with van der Waals surface area (Å²) < 4.78 is 16.1. The zero-order chi connectivity index (χ0) is 22.2. The van der Waals surface area contributed by atoms with Gasteiger partial charge in [-0.2, -0.15) is 0 Å². The predicted molar refractivity (Wildman–Crippen MR) is 117 cm³/mol. The quantitative estimate of drug-likeness (QED) is 0.202. The normalized spacial score (nSPS) is 10.8. The van der Waals surface area contributed by atoms with E-state index < -0.39 is 10.9 Å². The highest BCUT2D eigenvalue weighted by Gasteiger charge is 2.11. The molecule has 0 aliphatic carbocycles. The number of esters is 1. The molecule has 1 aromatic heterocycles. The van der Waals surface area contributed by atoms with Crippen molar-refractivity contribution < 1.29 is 23.9 Å². The number of thiazole rings is 1. The second kappa shape index (κ2) is 10.4. The molecule has 0 aliphatic rings. The van der Waals surface area contributed by atoms with Crippen LogP contribution < -0.4 is 9.47 Å². The monoisotopic (exact) mass is 440 g/mol. The number of nitrogens with zero attached hydrogens (tertiary/aromatic N) is 2. The van der Waals surface area contributed by atoms with E-state index in [4.69, 9.17) is 14.2 Å². The first kappa shape index (κ1) is 22.0. The molecular weight excluding hydrogens is 420 g/mol. The molecule has 0 aliphatic heterocycles. The van der Waals surface area contributed by atoms with Crippen LogP contribution in [-0.2, 0) is 16.1 Å². The lowest BCUT2D eigenvalue weighted by atomic mass is 10.2. The molecule has 0 amide bonds. The molecule has 3 rings (SSSR count). The number of aromatic nitrogens is 1. The fourth-order valence-corrected chi connectivity index (χ4v) is 3.48. The first-order valence-corrected chi connectivity index (χ1v) is 10.2. The van der Waals surface area contributed by atoms with Gasteiger partial charge in [-0.05, 0) is 36.8 Å². The van der Waals surface area contributed by atoms with Crippen LogP contribution in [0.15, 0.2) is 53.9 Å². The molecule has 8 nitrogen and oxygen atoms in total. The molecule has 160 valence electrons. The van der Waals surface area contributed by atoms with Gasteiger partial charge >= 0.3 is 5.97 Å². The summed E-state index contributed by atoms with van der Waals surface area (Å²) in [5, 5.41) is 13.4. The summed E-state index contributed by atoms with van der Waals surface area (Å²) >= 11 is 1.43. The third-order valence-corrected chi connectivity index (χ3v) is 5.06. The highest BCUT2D eigenvalue weighted by Crippen LogP contribution is 2.33. The van der Waals surface area contributed by atoms with Crippen molar-refractivity contribution in [2.24, 2.45) is 0 Å². The number of nitro benzene ring substituents is 1. The SMILES string of the molecule is CCOc1ccc(-c2nc(COC(=O)/C=C/c3cccc([N+](=O)[O-])c3)cs2)cc1OC. The van der Waals surface area contributed by atoms with Gasteiger partial charge in [0.25, 0.3) is 5.69 Å². The summed E-state index contributed by atoms with van der Waals surface area (Å²) in [5.74, 6) is 0.715. The van der Waals surface area contributed by atoms with Crippen LogP contribution in [0.2, 0.25) is 0 Å². The number of carbonyl (C=O) groups is 1. The average Bonchev–Trinajstić information content (AvgIpc) is 3.26. The van der Waals surface area contributed by atoms with Crippen molar-refractivity contribution in [2.75, 3.05) is 13.7 Å². The molecule has 9 heteroatoms. The molecule has 0 fully saturated rings. The molecule has 1 heterocycles.